The van der Waals surface area contributed by atoms with Crippen LogP contribution in [-0.2, 0) is 14.8 Å². The van der Waals surface area contributed by atoms with Crippen LogP contribution < -0.4 is 16.0 Å². The zero-order chi connectivity index (χ0) is 21.4. The number of carbonyl (C=O) groups is 2. The highest BCUT2D eigenvalue weighted by Crippen LogP contribution is 2.21. The molecule has 0 aliphatic carbocycles. The van der Waals surface area contributed by atoms with Gasteiger partial charge in [-0.3, -0.25) is 10.1 Å². The number of anilines is 2. The summed E-state index contributed by atoms with van der Waals surface area (Å²) in [6.07, 6.45) is 3.87. The predicted molar refractivity (Wildman–Crippen MR) is 116 cm³/mol. The van der Waals surface area contributed by atoms with Crippen LogP contribution in [0.15, 0.2) is 59.5 Å². The molecule has 0 unspecified atom stereocenters. The summed E-state index contributed by atoms with van der Waals surface area (Å²) in [6, 6.07) is 14.5. The van der Waals surface area contributed by atoms with Gasteiger partial charge < -0.3 is 10.6 Å². The Hall–Kier alpha value is -2.91. The first kappa shape index (κ1) is 21.8. The van der Waals surface area contributed by atoms with E-state index in [1.54, 1.807) is 40.7 Å². The number of urea groups is 1. The van der Waals surface area contributed by atoms with Crippen LogP contribution in [0.4, 0.5) is 16.2 Å². The van der Waals surface area contributed by atoms with Gasteiger partial charge in [0.15, 0.2) is 0 Å². The second kappa shape index (κ2) is 10.2. The van der Waals surface area contributed by atoms with Gasteiger partial charge in [-0.05, 0) is 49.2 Å². The van der Waals surface area contributed by atoms with Crippen molar-refractivity contribution in [3.63, 3.8) is 0 Å². The molecule has 1 aliphatic rings. The molecule has 0 bridgehead atoms. The lowest BCUT2D eigenvalue weighted by Gasteiger charge is -2.20. The minimum atomic E-state index is -3.51. The molecule has 0 atom stereocenters. The molecule has 8 nitrogen and oxygen atoms in total. The molecule has 1 fully saturated rings. The van der Waals surface area contributed by atoms with Crippen LogP contribution in [0.1, 0.15) is 25.7 Å². The van der Waals surface area contributed by atoms with Crippen molar-refractivity contribution in [2.24, 2.45) is 0 Å². The maximum Gasteiger partial charge on any atom is 0.325 e. The van der Waals surface area contributed by atoms with E-state index in [0.717, 1.165) is 25.7 Å². The minimum absolute atomic E-state index is 0.125. The highest BCUT2D eigenvalue weighted by molar-refractivity contribution is 7.89. The van der Waals surface area contributed by atoms with E-state index in [2.05, 4.69) is 16.0 Å². The van der Waals surface area contributed by atoms with E-state index in [1.165, 1.54) is 12.1 Å². The first-order valence-electron chi connectivity index (χ1n) is 9.95. The number of amides is 3. The summed E-state index contributed by atoms with van der Waals surface area (Å²) >= 11 is 0. The molecule has 1 saturated heterocycles. The number of sulfonamides is 1. The number of nitrogens with one attached hydrogen (secondary N) is 3. The van der Waals surface area contributed by atoms with Crippen LogP contribution in [-0.4, -0.2) is 44.3 Å². The second-order valence-corrected chi connectivity index (χ2v) is 9.00. The van der Waals surface area contributed by atoms with E-state index in [1.807, 2.05) is 6.07 Å². The first-order valence-corrected chi connectivity index (χ1v) is 11.4. The monoisotopic (exact) mass is 430 g/mol. The number of carbonyl (C=O) groups excluding carboxylic acids is 2. The molecule has 0 spiro atoms. The summed E-state index contributed by atoms with van der Waals surface area (Å²) < 4.78 is 27.1. The summed E-state index contributed by atoms with van der Waals surface area (Å²) in [5.74, 6) is -0.510. The summed E-state index contributed by atoms with van der Waals surface area (Å²) in [7, 11) is -3.51. The largest absolute Gasteiger partial charge is 0.376 e. The normalized spacial score (nSPS) is 15.1. The fraction of sp³-hybridized carbons (Fsp3) is 0.333. The number of benzene rings is 2. The third kappa shape index (κ3) is 6.04. The van der Waals surface area contributed by atoms with Gasteiger partial charge in [0.1, 0.15) is 0 Å². The average molecular weight is 431 g/mol. The molecule has 3 amide bonds. The van der Waals surface area contributed by atoms with Gasteiger partial charge in [-0.1, -0.05) is 31.0 Å². The van der Waals surface area contributed by atoms with Crippen molar-refractivity contribution in [2.45, 2.75) is 30.6 Å². The standard InChI is InChI=1S/C21H26N4O4S/c26-20(24-21(27)23-18-8-4-3-5-9-18)16-22-17-10-12-19(13-11-17)30(28,29)25-14-6-1-2-7-15-25/h3-5,8-13,22H,1-2,6-7,14-16H2,(H2,23,24,26,27). The smallest absolute Gasteiger partial charge is 0.325 e. The SMILES string of the molecule is O=C(CNc1ccc(S(=O)(=O)N2CCCCCC2)cc1)NC(=O)Nc1ccccc1. The lowest BCUT2D eigenvalue weighted by Crippen LogP contribution is -2.37. The summed E-state index contributed by atoms with van der Waals surface area (Å²) in [6.45, 7) is 0.974. The number of nitrogens with zero attached hydrogens (tertiary/aromatic N) is 1. The van der Waals surface area contributed by atoms with E-state index in [-0.39, 0.29) is 11.4 Å². The maximum atomic E-state index is 12.8. The zero-order valence-electron chi connectivity index (χ0n) is 16.6. The van der Waals surface area contributed by atoms with Gasteiger partial charge in [0.2, 0.25) is 15.9 Å². The van der Waals surface area contributed by atoms with Crippen molar-refractivity contribution >= 4 is 33.3 Å². The van der Waals surface area contributed by atoms with Crippen molar-refractivity contribution in [3.8, 4) is 0 Å². The van der Waals surface area contributed by atoms with Crippen LogP contribution in [0.2, 0.25) is 0 Å². The quantitative estimate of drug-likeness (QED) is 0.653. The summed E-state index contributed by atoms with van der Waals surface area (Å²) in [4.78, 5) is 24.0. The predicted octanol–water partition coefficient (Wildman–Crippen LogP) is 3.01. The van der Waals surface area contributed by atoms with Crippen LogP contribution in [0.3, 0.4) is 0 Å². The maximum absolute atomic E-state index is 12.8. The van der Waals surface area contributed by atoms with Gasteiger partial charge in [0.25, 0.3) is 0 Å². The van der Waals surface area contributed by atoms with Crippen LogP contribution >= 0.6 is 0 Å². The highest BCUT2D eigenvalue weighted by Gasteiger charge is 2.24. The van der Waals surface area contributed by atoms with Crippen molar-refractivity contribution in [1.29, 1.82) is 0 Å². The van der Waals surface area contributed by atoms with Crippen molar-refractivity contribution in [2.75, 3.05) is 30.3 Å². The van der Waals surface area contributed by atoms with Gasteiger partial charge in [-0.2, -0.15) is 4.31 Å². The lowest BCUT2D eigenvalue weighted by atomic mass is 10.2. The molecule has 3 N–H and O–H groups in total. The Morgan fingerprint density at radius 2 is 1.47 bits per heavy atom. The van der Waals surface area contributed by atoms with Gasteiger partial charge in [-0.25, -0.2) is 13.2 Å². The van der Waals surface area contributed by atoms with Crippen LogP contribution in [0.5, 0.6) is 0 Å². The number of para-hydroxylation sites is 1. The van der Waals surface area contributed by atoms with E-state index in [9.17, 15) is 18.0 Å². The summed E-state index contributed by atoms with van der Waals surface area (Å²) in [5.41, 5.74) is 1.17. The Balaban J connectivity index is 1.50. The summed E-state index contributed by atoms with van der Waals surface area (Å²) in [5, 5.41) is 7.67. The average Bonchev–Trinajstić information content (AvgIpc) is 3.03. The Morgan fingerprint density at radius 3 is 2.10 bits per heavy atom. The Labute approximate surface area is 176 Å². The number of rotatable bonds is 6. The van der Waals surface area contributed by atoms with Crippen molar-refractivity contribution < 1.29 is 18.0 Å². The topological polar surface area (TPSA) is 108 Å². The number of hydrogen-bond donors (Lipinski definition) is 3. The molecular weight excluding hydrogens is 404 g/mol. The first-order chi connectivity index (χ1) is 14.4. The molecule has 9 heteroatoms. The molecule has 3 rings (SSSR count). The molecule has 1 aliphatic heterocycles. The molecule has 2 aromatic rings. The van der Waals surface area contributed by atoms with Crippen molar-refractivity contribution in [3.05, 3.63) is 54.6 Å². The van der Waals surface area contributed by atoms with E-state index >= 15 is 0 Å². The van der Waals surface area contributed by atoms with Crippen molar-refractivity contribution in [1.82, 2.24) is 9.62 Å². The molecule has 0 radical (unpaired) electrons. The Morgan fingerprint density at radius 1 is 0.833 bits per heavy atom. The highest BCUT2D eigenvalue weighted by atomic mass is 32.2. The molecule has 0 aromatic heterocycles. The van der Waals surface area contributed by atoms with Gasteiger partial charge >= 0.3 is 6.03 Å². The molecular formula is C21H26N4O4S. The third-order valence-electron chi connectivity index (χ3n) is 4.79. The van der Waals surface area contributed by atoms with E-state index in [4.69, 9.17) is 0 Å². The third-order valence-corrected chi connectivity index (χ3v) is 6.71. The fourth-order valence-corrected chi connectivity index (χ4v) is 4.73. The number of imide groups is 1. The Kier molecular flexibility index (Phi) is 7.42. The van der Waals surface area contributed by atoms with Gasteiger partial charge in [-0.15, -0.1) is 0 Å². The molecule has 2 aromatic carbocycles. The fourth-order valence-electron chi connectivity index (χ4n) is 3.21. The second-order valence-electron chi connectivity index (χ2n) is 7.06. The zero-order valence-corrected chi connectivity index (χ0v) is 17.5. The van der Waals surface area contributed by atoms with Gasteiger partial charge in [0, 0.05) is 24.5 Å². The molecule has 160 valence electrons. The number of hydrogen-bond acceptors (Lipinski definition) is 5. The lowest BCUT2D eigenvalue weighted by molar-refractivity contribution is -0.118. The molecule has 0 saturated carbocycles. The minimum Gasteiger partial charge on any atom is -0.376 e. The molecule has 1 heterocycles. The van der Waals surface area contributed by atoms with Gasteiger partial charge in [0.05, 0.1) is 11.4 Å². The van der Waals surface area contributed by atoms with E-state index < -0.39 is 22.0 Å². The Bertz CT molecular complexity index is 954. The van der Waals surface area contributed by atoms with Crippen LogP contribution in [0.25, 0.3) is 0 Å². The van der Waals surface area contributed by atoms with Crippen LogP contribution in [0, 0.1) is 0 Å². The molecule has 30 heavy (non-hydrogen) atoms. The van der Waals surface area contributed by atoms with E-state index in [0.29, 0.717) is 24.5 Å².